The summed E-state index contributed by atoms with van der Waals surface area (Å²) in [4.78, 5) is 52.5. The van der Waals surface area contributed by atoms with Gasteiger partial charge in [-0.3, -0.25) is 19.3 Å². The van der Waals surface area contributed by atoms with Crippen LogP contribution in [0, 0.1) is 11.2 Å². The van der Waals surface area contributed by atoms with Crippen LogP contribution in [0.1, 0.15) is 68.3 Å². The molecule has 4 aromatic rings. The van der Waals surface area contributed by atoms with Crippen LogP contribution in [-0.2, 0) is 6.54 Å². The van der Waals surface area contributed by atoms with E-state index >= 15 is 0 Å². The Morgan fingerprint density at radius 1 is 0.977 bits per heavy atom. The molecule has 3 N–H and O–H groups in total. The van der Waals surface area contributed by atoms with Crippen LogP contribution in [0.3, 0.4) is 0 Å². The third kappa shape index (κ3) is 6.16. The maximum Gasteiger partial charge on any atom is 0.405 e. The summed E-state index contributed by atoms with van der Waals surface area (Å²) >= 11 is 7.05. The van der Waals surface area contributed by atoms with Gasteiger partial charge < -0.3 is 15.7 Å². The number of anilines is 1. The molecule has 0 bridgehead atoms. The van der Waals surface area contributed by atoms with E-state index in [-0.39, 0.29) is 28.9 Å². The summed E-state index contributed by atoms with van der Waals surface area (Å²) in [5.41, 5.74) is 2.10. The lowest BCUT2D eigenvalue weighted by molar-refractivity contribution is 0.0642. The number of benzene rings is 3. The number of thiophene rings is 1. The number of rotatable bonds is 7. The molecule has 0 saturated heterocycles. The average molecular weight is 620 g/mol. The average Bonchev–Trinajstić information content (AvgIpc) is 3.49. The van der Waals surface area contributed by atoms with Crippen molar-refractivity contribution in [2.24, 2.45) is 5.41 Å². The molecular weight excluding hydrogens is 593 g/mol. The van der Waals surface area contributed by atoms with Gasteiger partial charge in [-0.1, -0.05) is 62.7 Å². The number of amides is 4. The van der Waals surface area contributed by atoms with Crippen molar-refractivity contribution in [3.63, 3.8) is 0 Å². The van der Waals surface area contributed by atoms with Crippen LogP contribution in [0.4, 0.5) is 14.9 Å². The molecule has 3 aromatic carbocycles. The molecule has 0 radical (unpaired) electrons. The van der Waals surface area contributed by atoms with E-state index in [2.05, 4.69) is 10.6 Å². The third-order valence-electron chi connectivity index (χ3n) is 7.09. The molecule has 0 fully saturated rings. The molecule has 1 aliphatic rings. The third-order valence-corrected chi connectivity index (χ3v) is 8.32. The summed E-state index contributed by atoms with van der Waals surface area (Å²) in [5, 5.41) is 14.5. The van der Waals surface area contributed by atoms with E-state index < -0.39 is 41.1 Å². The normalized spacial score (nSPS) is 13.6. The molecule has 0 spiro atoms. The number of nitrogens with one attached hydrogen (secondary N) is 2. The number of carbonyl (C=O) groups is 4. The van der Waals surface area contributed by atoms with Gasteiger partial charge in [-0.15, -0.1) is 11.3 Å². The van der Waals surface area contributed by atoms with E-state index in [0.29, 0.717) is 25.9 Å². The van der Waals surface area contributed by atoms with Gasteiger partial charge in [0.25, 0.3) is 17.7 Å². The van der Waals surface area contributed by atoms with Crippen LogP contribution >= 0.6 is 22.9 Å². The van der Waals surface area contributed by atoms with Gasteiger partial charge in [-0.2, -0.15) is 0 Å². The molecule has 4 amide bonds. The molecule has 1 aromatic heterocycles. The van der Waals surface area contributed by atoms with E-state index in [1.165, 1.54) is 6.07 Å². The second-order valence-corrected chi connectivity index (χ2v) is 12.9. The first-order valence-electron chi connectivity index (χ1n) is 13.3. The van der Waals surface area contributed by atoms with Crippen molar-refractivity contribution >= 4 is 52.4 Å². The number of halogens is 2. The molecule has 220 valence electrons. The molecule has 0 saturated carbocycles. The summed E-state index contributed by atoms with van der Waals surface area (Å²) in [6.07, 6.45) is -1.26. The molecular formula is C32H27ClFN3O5S. The zero-order valence-electron chi connectivity index (χ0n) is 23.4. The van der Waals surface area contributed by atoms with E-state index in [1.54, 1.807) is 60.7 Å². The molecule has 1 aliphatic heterocycles. The second kappa shape index (κ2) is 11.6. The predicted molar refractivity (Wildman–Crippen MR) is 163 cm³/mol. The second-order valence-electron chi connectivity index (χ2n) is 11.2. The van der Waals surface area contributed by atoms with Crippen LogP contribution < -0.4 is 10.6 Å². The van der Waals surface area contributed by atoms with Crippen molar-refractivity contribution in [1.82, 2.24) is 10.2 Å². The Bertz CT molecular complexity index is 1780. The molecule has 1 unspecified atom stereocenters. The quantitative estimate of drug-likeness (QED) is 0.184. The van der Waals surface area contributed by atoms with Gasteiger partial charge in [-0.05, 0) is 64.6 Å². The first kappa shape index (κ1) is 29.9. The van der Waals surface area contributed by atoms with E-state index in [0.717, 1.165) is 16.2 Å². The Labute approximate surface area is 256 Å². The lowest BCUT2D eigenvalue weighted by Gasteiger charge is -2.31. The van der Waals surface area contributed by atoms with Gasteiger partial charge in [0.15, 0.2) is 0 Å². The number of carbonyl (C=O) groups excluding carboxylic acids is 3. The molecule has 2 heterocycles. The SMILES string of the molecule is CC(C)(C)C(NC(=O)O)c1cc(-c2cccc(CN3C(=O)c4cccc(NC(=O)c5ccc(Cl)s5)c4C3=O)c2)ccc1F. The lowest BCUT2D eigenvalue weighted by Crippen LogP contribution is -2.36. The zero-order chi connectivity index (χ0) is 31.1. The van der Waals surface area contributed by atoms with Crippen molar-refractivity contribution in [3.8, 4) is 11.1 Å². The van der Waals surface area contributed by atoms with Gasteiger partial charge in [0.2, 0.25) is 0 Å². The maximum absolute atomic E-state index is 14.9. The van der Waals surface area contributed by atoms with E-state index in [1.807, 2.05) is 26.8 Å². The minimum atomic E-state index is -1.26. The van der Waals surface area contributed by atoms with E-state index in [4.69, 9.17) is 11.6 Å². The van der Waals surface area contributed by atoms with Gasteiger partial charge >= 0.3 is 6.09 Å². The Morgan fingerprint density at radius 3 is 2.37 bits per heavy atom. The van der Waals surface area contributed by atoms with Crippen LogP contribution in [0.15, 0.2) is 72.8 Å². The maximum atomic E-state index is 14.9. The number of hydrogen-bond acceptors (Lipinski definition) is 5. The summed E-state index contributed by atoms with van der Waals surface area (Å²) in [5.74, 6) is -2.01. The fourth-order valence-corrected chi connectivity index (χ4v) is 6.00. The lowest BCUT2D eigenvalue weighted by atomic mass is 9.81. The molecule has 11 heteroatoms. The van der Waals surface area contributed by atoms with Crippen molar-refractivity contribution in [1.29, 1.82) is 0 Å². The summed E-state index contributed by atoms with van der Waals surface area (Å²) < 4.78 is 15.4. The monoisotopic (exact) mass is 619 g/mol. The van der Waals surface area contributed by atoms with Crippen molar-refractivity contribution in [3.05, 3.63) is 110 Å². The largest absolute Gasteiger partial charge is 0.465 e. The predicted octanol–water partition coefficient (Wildman–Crippen LogP) is 7.61. The highest BCUT2D eigenvalue weighted by Crippen LogP contribution is 2.37. The Kier molecular flexibility index (Phi) is 8.09. The number of imide groups is 1. The van der Waals surface area contributed by atoms with Gasteiger partial charge in [0, 0.05) is 5.56 Å². The Morgan fingerprint density at radius 2 is 1.70 bits per heavy atom. The van der Waals surface area contributed by atoms with Crippen molar-refractivity contribution < 1.29 is 28.7 Å². The van der Waals surface area contributed by atoms with Crippen LogP contribution in [0.25, 0.3) is 11.1 Å². The van der Waals surface area contributed by atoms with Gasteiger partial charge in [0.1, 0.15) is 5.82 Å². The smallest absolute Gasteiger partial charge is 0.405 e. The number of nitrogens with zero attached hydrogens (tertiary/aromatic N) is 1. The fraction of sp³-hybridized carbons (Fsp3) is 0.188. The Balaban J connectivity index is 1.41. The molecule has 0 aliphatic carbocycles. The minimum absolute atomic E-state index is 0.0344. The summed E-state index contributed by atoms with van der Waals surface area (Å²) in [7, 11) is 0. The van der Waals surface area contributed by atoms with Crippen LogP contribution in [0.5, 0.6) is 0 Å². The zero-order valence-corrected chi connectivity index (χ0v) is 25.0. The summed E-state index contributed by atoms with van der Waals surface area (Å²) in [6, 6.07) is 18.7. The van der Waals surface area contributed by atoms with Crippen molar-refractivity contribution in [2.45, 2.75) is 33.4 Å². The highest BCUT2D eigenvalue weighted by Gasteiger charge is 2.38. The number of carboxylic acid groups (broad SMARTS) is 1. The van der Waals surface area contributed by atoms with Crippen LogP contribution in [0.2, 0.25) is 4.34 Å². The topological polar surface area (TPSA) is 116 Å². The van der Waals surface area contributed by atoms with Gasteiger partial charge in [0.05, 0.1) is 38.6 Å². The number of fused-ring (bicyclic) bond motifs is 1. The Hall–Kier alpha value is -4.54. The number of hydrogen-bond donors (Lipinski definition) is 3. The molecule has 5 rings (SSSR count). The first-order chi connectivity index (χ1) is 20.3. The first-order valence-corrected chi connectivity index (χ1v) is 14.5. The highest BCUT2D eigenvalue weighted by molar-refractivity contribution is 7.18. The molecule has 8 nitrogen and oxygen atoms in total. The molecule has 43 heavy (non-hydrogen) atoms. The highest BCUT2D eigenvalue weighted by atomic mass is 35.5. The fourth-order valence-electron chi connectivity index (χ4n) is 5.06. The minimum Gasteiger partial charge on any atom is -0.465 e. The van der Waals surface area contributed by atoms with E-state index in [9.17, 15) is 28.7 Å². The summed E-state index contributed by atoms with van der Waals surface area (Å²) in [6.45, 7) is 5.42. The van der Waals surface area contributed by atoms with Crippen molar-refractivity contribution in [2.75, 3.05) is 5.32 Å². The van der Waals surface area contributed by atoms with Gasteiger partial charge in [-0.25, -0.2) is 9.18 Å². The standard InChI is InChI=1S/C32H27ClFN3O5S/c1-32(2,3)27(36-31(41)42)21-15-19(10-11-22(21)34)18-7-4-6-17(14-18)16-37-29(39)20-8-5-9-23(26(20)30(37)40)35-28(38)24-12-13-25(33)43-24/h4-15,27,36H,16H2,1-3H3,(H,35,38)(H,41,42). The van der Waals surface area contributed by atoms with Crippen LogP contribution in [-0.4, -0.2) is 33.8 Å². The molecule has 1 atom stereocenters.